The first kappa shape index (κ1) is 11.6. The molecule has 2 aromatic rings. The summed E-state index contributed by atoms with van der Waals surface area (Å²) in [4.78, 5) is 12.0. The van der Waals surface area contributed by atoms with Crippen molar-refractivity contribution >= 4 is 17.4 Å². The quantitative estimate of drug-likeness (QED) is 0.901. The molecule has 0 unspecified atom stereocenters. The van der Waals surface area contributed by atoms with E-state index in [1.165, 1.54) is 13.3 Å². The van der Waals surface area contributed by atoms with Gasteiger partial charge in [0.05, 0.1) is 13.3 Å². The number of pyridine rings is 1. The Labute approximate surface area is 104 Å². The number of aromatic nitrogens is 3. The molecule has 6 heteroatoms. The van der Waals surface area contributed by atoms with Crippen LogP contribution in [0.1, 0.15) is 5.56 Å². The summed E-state index contributed by atoms with van der Waals surface area (Å²) < 4.78 is 4.93. The Morgan fingerprint density at radius 1 is 1.41 bits per heavy atom. The Kier molecular flexibility index (Phi) is 3.72. The maximum absolute atomic E-state index is 5.96. The van der Waals surface area contributed by atoms with E-state index in [0.717, 1.165) is 5.56 Å². The zero-order valence-electron chi connectivity index (χ0n) is 9.22. The maximum atomic E-state index is 5.96. The average molecular weight is 251 g/mol. The van der Waals surface area contributed by atoms with Crippen LogP contribution in [-0.2, 0) is 6.54 Å². The summed E-state index contributed by atoms with van der Waals surface area (Å²) in [5.41, 5.74) is 1.04. The first-order chi connectivity index (χ1) is 8.29. The van der Waals surface area contributed by atoms with Crippen LogP contribution in [0.5, 0.6) is 6.01 Å². The van der Waals surface area contributed by atoms with Gasteiger partial charge in [0.1, 0.15) is 5.02 Å². The Balaban J connectivity index is 2.08. The highest BCUT2D eigenvalue weighted by Crippen LogP contribution is 2.20. The molecular weight excluding hydrogens is 240 g/mol. The van der Waals surface area contributed by atoms with Gasteiger partial charge in [0.2, 0.25) is 0 Å². The molecule has 2 heterocycles. The second-order valence-electron chi connectivity index (χ2n) is 3.27. The lowest BCUT2D eigenvalue weighted by Crippen LogP contribution is -2.04. The first-order valence-corrected chi connectivity index (χ1v) is 5.36. The smallest absolute Gasteiger partial charge is 0.318 e. The van der Waals surface area contributed by atoms with E-state index in [4.69, 9.17) is 16.3 Å². The van der Waals surface area contributed by atoms with Crippen molar-refractivity contribution in [1.29, 1.82) is 0 Å². The highest BCUT2D eigenvalue weighted by Gasteiger charge is 2.05. The first-order valence-electron chi connectivity index (χ1n) is 4.99. The molecule has 0 amide bonds. The molecule has 0 saturated heterocycles. The second-order valence-corrected chi connectivity index (χ2v) is 3.68. The van der Waals surface area contributed by atoms with E-state index in [2.05, 4.69) is 20.3 Å². The molecule has 0 aliphatic heterocycles. The molecule has 0 aromatic carbocycles. The van der Waals surface area contributed by atoms with Crippen molar-refractivity contribution in [2.45, 2.75) is 6.54 Å². The van der Waals surface area contributed by atoms with Crippen molar-refractivity contribution in [3.63, 3.8) is 0 Å². The number of methoxy groups -OCH3 is 1. The molecule has 0 radical (unpaired) electrons. The monoisotopic (exact) mass is 250 g/mol. The number of anilines is 1. The molecule has 2 aromatic heterocycles. The third-order valence-electron chi connectivity index (χ3n) is 2.09. The summed E-state index contributed by atoms with van der Waals surface area (Å²) in [5.74, 6) is 0.544. The van der Waals surface area contributed by atoms with Crippen molar-refractivity contribution in [3.8, 4) is 6.01 Å². The molecule has 17 heavy (non-hydrogen) atoms. The van der Waals surface area contributed by atoms with Gasteiger partial charge in [0.25, 0.3) is 0 Å². The number of nitrogens with one attached hydrogen (secondary N) is 1. The van der Waals surface area contributed by atoms with Crippen LogP contribution in [0.4, 0.5) is 5.82 Å². The lowest BCUT2D eigenvalue weighted by Gasteiger charge is -2.07. The van der Waals surface area contributed by atoms with Gasteiger partial charge >= 0.3 is 6.01 Å². The van der Waals surface area contributed by atoms with Crippen LogP contribution in [0, 0.1) is 0 Å². The van der Waals surface area contributed by atoms with Crippen molar-refractivity contribution in [1.82, 2.24) is 15.0 Å². The summed E-state index contributed by atoms with van der Waals surface area (Å²) in [5, 5.41) is 3.55. The van der Waals surface area contributed by atoms with Crippen molar-refractivity contribution in [3.05, 3.63) is 41.3 Å². The lowest BCUT2D eigenvalue weighted by atomic mass is 10.3. The highest BCUT2D eigenvalue weighted by molar-refractivity contribution is 6.32. The molecule has 5 nitrogen and oxygen atoms in total. The third kappa shape index (κ3) is 3.04. The Morgan fingerprint density at radius 3 is 3.00 bits per heavy atom. The van der Waals surface area contributed by atoms with E-state index in [1.54, 1.807) is 12.4 Å². The molecule has 1 N–H and O–H groups in total. The van der Waals surface area contributed by atoms with Gasteiger partial charge in [-0.2, -0.15) is 4.98 Å². The minimum Gasteiger partial charge on any atom is -0.467 e. The van der Waals surface area contributed by atoms with Gasteiger partial charge in [-0.15, -0.1) is 0 Å². The predicted molar refractivity (Wildman–Crippen MR) is 65.2 cm³/mol. The van der Waals surface area contributed by atoms with E-state index in [9.17, 15) is 0 Å². The van der Waals surface area contributed by atoms with Gasteiger partial charge in [0, 0.05) is 18.9 Å². The van der Waals surface area contributed by atoms with Crippen LogP contribution in [0.3, 0.4) is 0 Å². The van der Waals surface area contributed by atoms with Crippen LogP contribution in [0.2, 0.25) is 5.02 Å². The van der Waals surface area contributed by atoms with Crippen molar-refractivity contribution < 1.29 is 4.74 Å². The topological polar surface area (TPSA) is 59.9 Å². The van der Waals surface area contributed by atoms with Gasteiger partial charge in [-0.25, -0.2) is 4.98 Å². The maximum Gasteiger partial charge on any atom is 0.318 e. The minimum absolute atomic E-state index is 0.281. The zero-order valence-corrected chi connectivity index (χ0v) is 9.98. The Hall–Kier alpha value is -1.88. The van der Waals surface area contributed by atoms with E-state index in [-0.39, 0.29) is 6.01 Å². The summed E-state index contributed by atoms with van der Waals surface area (Å²) in [6.07, 6.45) is 5.00. The number of ether oxygens (including phenoxy) is 1. The summed E-state index contributed by atoms with van der Waals surface area (Å²) in [6.45, 7) is 0.591. The average Bonchev–Trinajstić information content (AvgIpc) is 2.39. The molecular formula is C11H11ClN4O. The minimum atomic E-state index is 0.281. The summed E-state index contributed by atoms with van der Waals surface area (Å²) in [7, 11) is 1.51. The summed E-state index contributed by atoms with van der Waals surface area (Å²) in [6, 6.07) is 4.12. The van der Waals surface area contributed by atoms with Crippen LogP contribution in [-0.4, -0.2) is 22.1 Å². The van der Waals surface area contributed by atoms with E-state index >= 15 is 0 Å². The number of hydrogen-bond donors (Lipinski definition) is 1. The zero-order chi connectivity index (χ0) is 12.1. The van der Waals surface area contributed by atoms with Gasteiger partial charge in [-0.3, -0.25) is 4.98 Å². The SMILES string of the molecule is COc1ncc(Cl)c(NCc2cccnc2)n1. The van der Waals surface area contributed by atoms with Gasteiger partial charge in [0.15, 0.2) is 5.82 Å². The Bertz CT molecular complexity index is 492. The molecule has 0 saturated carbocycles. The largest absolute Gasteiger partial charge is 0.467 e. The number of nitrogens with zero attached hydrogens (tertiary/aromatic N) is 3. The lowest BCUT2D eigenvalue weighted by molar-refractivity contribution is 0.380. The van der Waals surface area contributed by atoms with Gasteiger partial charge in [-0.1, -0.05) is 17.7 Å². The van der Waals surface area contributed by atoms with E-state index in [1.807, 2.05) is 12.1 Å². The predicted octanol–water partition coefficient (Wildman–Crippen LogP) is 2.15. The molecule has 0 aliphatic rings. The third-order valence-corrected chi connectivity index (χ3v) is 2.36. The van der Waals surface area contributed by atoms with Crippen LogP contribution < -0.4 is 10.1 Å². The van der Waals surface area contributed by atoms with Crippen LogP contribution in [0.15, 0.2) is 30.7 Å². The van der Waals surface area contributed by atoms with Crippen LogP contribution in [0.25, 0.3) is 0 Å². The highest BCUT2D eigenvalue weighted by atomic mass is 35.5. The molecule has 0 aliphatic carbocycles. The molecule has 0 bridgehead atoms. The van der Waals surface area contributed by atoms with E-state index in [0.29, 0.717) is 17.4 Å². The molecule has 0 fully saturated rings. The fourth-order valence-electron chi connectivity index (χ4n) is 1.26. The summed E-state index contributed by atoms with van der Waals surface area (Å²) >= 11 is 5.96. The van der Waals surface area contributed by atoms with Crippen molar-refractivity contribution in [2.24, 2.45) is 0 Å². The Morgan fingerprint density at radius 2 is 2.29 bits per heavy atom. The molecule has 0 spiro atoms. The number of halogens is 1. The normalized spacial score (nSPS) is 10.0. The number of hydrogen-bond acceptors (Lipinski definition) is 5. The van der Waals surface area contributed by atoms with Gasteiger partial charge < -0.3 is 10.1 Å². The molecule has 88 valence electrons. The van der Waals surface area contributed by atoms with Crippen LogP contribution >= 0.6 is 11.6 Å². The number of rotatable bonds is 4. The fraction of sp³-hybridized carbons (Fsp3) is 0.182. The fourth-order valence-corrected chi connectivity index (χ4v) is 1.42. The second kappa shape index (κ2) is 5.45. The van der Waals surface area contributed by atoms with E-state index < -0.39 is 0 Å². The van der Waals surface area contributed by atoms with Crippen molar-refractivity contribution in [2.75, 3.05) is 12.4 Å². The molecule has 2 rings (SSSR count). The standard InChI is InChI=1S/C11H11ClN4O/c1-17-11-15-7-9(12)10(16-11)14-6-8-3-2-4-13-5-8/h2-5,7H,6H2,1H3,(H,14,15,16). The molecule has 0 atom stereocenters. The van der Waals surface area contributed by atoms with Gasteiger partial charge in [-0.05, 0) is 11.6 Å².